The first-order valence-electron chi connectivity index (χ1n) is 7.86. The Morgan fingerprint density at radius 1 is 1.41 bits per heavy atom. The molecule has 0 saturated carbocycles. The Balaban J connectivity index is 0.00000242. The van der Waals surface area contributed by atoms with Crippen molar-refractivity contribution >= 4 is 29.7 Å². The smallest absolute Gasteiger partial charge is 0.216 e. The van der Waals surface area contributed by atoms with E-state index in [4.69, 9.17) is 0 Å². The molecule has 1 saturated heterocycles. The van der Waals surface area contributed by atoms with Gasteiger partial charge in [0.05, 0.1) is 0 Å². The van der Waals surface area contributed by atoms with Gasteiger partial charge in [-0.3, -0.25) is 9.69 Å². The maximum Gasteiger partial charge on any atom is 0.216 e. The van der Waals surface area contributed by atoms with Crippen molar-refractivity contribution in [2.45, 2.75) is 33.2 Å². The third kappa shape index (κ3) is 7.09. The highest BCUT2D eigenvalue weighted by Gasteiger charge is 2.17. The molecule has 4 nitrogen and oxygen atoms in total. The van der Waals surface area contributed by atoms with Crippen LogP contribution in [0.4, 0.5) is 0 Å². The highest BCUT2D eigenvalue weighted by atomic mass is 35.5. The molecule has 2 rings (SSSR count). The Labute approximate surface area is 144 Å². The van der Waals surface area contributed by atoms with Gasteiger partial charge in [0.1, 0.15) is 0 Å². The van der Waals surface area contributed by atoms with Crippen molar-refractivity contribution in [1.82, 2.24) is 15.5 Å². The number of nitrogens with zero attached hydrogens (tertiary/aromatic N) is 1. The maximum atomic E-state index is 11.0. The van der Waals surface area contributed by atoms with E-state index in [-0.39, 0.29) is 18.3 Å². The van der Waals surface area contributed by atoms with E-state index < -0.39 is 0 Å². The van der Waals surface area contributed by atoms with E-state index in [2.05, 4.69) is 34.6 Å². The van der Waals surface area contributed by atoms with Crippen LogP contribution in [-0.4, -0.2) is 43.5 Å². The van der Waals surface area contributed by atoms with Crippen molar-refractivity contribution in [1.29, 1.82) is 0 Å². The molecule has 0 aromatic carbocycles. The highest BCUT2D eigenvalue weighted by molar-refractivity contribution is 7.11. The number of halogens is 1. The Bertz CT molecular complexity index is 446. The van der Waals surface area contributed by atoms with Crippen LogP contribution in [0.2, 0.25) is 0 Å². The van der Waals surface area contributed by atoms with Gasteiger partial charge in [0.2, 0.25) is 5.91 Å². The van der Waals surface area contributed by atoms with Crippen molar-refractivity contribution in [3.63, 3.8) is 0 Å². The van der Waals surface area contributed by atoms with Gasteiger partial charge in [-0.05, 0) is 50.9 Å². The lowest BCUT2D eigenvalue weighted by atomic mass is 9.97. The predicted molar refractivity (Wildman–Crippen MR) is 95.9 cm³/mol. The largest absolute Gasteiger partial charge is 0.355 e. The van der Waals surface area contributed by atoms with Gasteiger partial charge >= 0.3 is 0 Å². The van der Waals surface area contributed by atoms with Gasteiger partial charge in [0.25, 0.3) is 0 Å². The van der Waals surface area contributed by atoms with Gasteiger partial charge in [-0.15, -0.1) is 23.7 Å². The number of carbonyl (C=O) groups is 1. The zero-order valence-electron chi connectivity index (χ0n) is 13.6. The van der Waals surface area contributed by atoms with Crippen LogP contribution in [0, 0.1) is 12.8 Å². The molecule has 1 aliphatic heterocycles. The SMILES string of the molecule is CC(=O)NCCN(Cc1ccc(C)s1)CC1CCNCC1.Cl. The summed E-state index contributed by atoms with van der Waals surface area (Å²) in [5.41, 5.74) is 0. The molecule has 0 unspecified atom stereocenters. The standard InChI is InChI=1S/C16H27N3OS.ClH/c1-13-3-4-16(21-13)12-19(10-9-18-14(2)20)11-15-5-7-17-8-6-15;/h3-4,15,17H,5-12H2,1-2H3,(H,18,20);1H. The zero-order chi connectivity index (χ0) is 15.1. The topological polar surface area (TPSA) is 44.4 Å². The van der Waals surface area contributed by atoms with Crippen LogP contribution in [-0.2, 0) is 11.3 Å². The minimum absolute atomic E-state index is 0. The van der Waals surface area contributed by atoms with Crippen LogP contribution < -0.4 is 10.6 Å². The van der Waals surface area contributed by atoms with Crippen molar-refractivity contribution in [2.24, 2.45) is 5.92 Å². The third-order valence-corrected chi connectivity index (χ3v) is 4.94. The van der Waals surface area contributed by atoms with Crippen molar-refractivity contribution in [2.75, 3.05) is 32.7 Å². The van der Waals surface area contributed by atoms with E-state index in [0.717, 1.165) is 45.2 Å². The molecule has 1 amide bonds. The molecular formula is C16H28ClN3OS. The van der Waals surface area contributed by atoms with Gasteiger partial charge in [-0.2, -0.15) is 0 Å². The normalized spacial score (nSPS) is 15.6. The Hall–Kier alpha value is -0.620. The summed E-state index contributed by atoms with van der Waals surface area (Å²) >= 11 is 1.88. The Morgan fingerprint density at radius 3 is 2.73 bits per heavy atom. The fourth-order valence-electron chi connectivity index (χ4n) is 2.84. The number of rotatable bonds is 7. The second-order valence-corrected chi connectivity index (χ2v) is 7.30. The summed E-state index contributed by atoms with van der Waals surface area (Å²) in [5.74, 6) is 0.841. The van der Waals surface area contributed by atoms with Crippen LogP contribution in [0.15, 0.2) is 12.1 Å². The molecule has 0 bridgehead atoms. The molecule has 1 fully saturated rings. The number of nitrogens with one attached hydrogen (secondary N) is 2. The van der Waals surface area contributed by atoms with Crippen molar-refractivity contribution < 1.29 is 4.79 Å². The molecule has 2 N–H and O–H groups in total. The fourth-order valence-corrected chi connectivity index (χ4v) is 3.78. The molecule has 2 heterocycles. The maximum absolute atomic E-state index is 11.0. The number of piperidine rings is 1. The quantitative estimate of drug-likeness (QED) is 0.797. The molecule has 0 spiro atoms. The van der Waals surface area contributed by atoms with Gasteiger partial charge in [0, 0.05) is 42.9 Å². The first-order valence-corrected chi connectivity index (χ1v) is 8.68. The van der Waals surface area contributed by atoms with E-state index >= 15 is 0 Å². The average molecular weight is 346 g/mol. The number of thiophene rings is 1. The number of amides is 1. The van der Waals surface area contributed by atoms with E-state index in [1.807, 2.05) is 11.3 Å². The summed E-state index contributed by atoms with van der Waals surface area (Å²) < 4.78 is 0. The van der Waals surface area contributed by atoms with E-state index in [0.29, 0.717) is 0 Å². The number of carbonyl (C=O) groups excluding carboxylic acids is 1. The molecule has 1 aromatic heterocycles. The first kappa shape index (κ1) is 19.4. The molecular weight excluding hydrogens is 318 g/mol. The minimum atomic E-state index is 0. The molecule has 0 radical (unpaired) electrons. The summed E-state index contributed by atoms with van der Waals surface area (Å²) in [6, 6.07) is 4.42. The summed E-state index contributed by atoms with van der Waals surface area (Å²) in [7, 11) is 0. The molecule has 0 aliphatic carbocycles. The monoisotopic (exact) mass is 345 g/mol. The molecule has 6 heteroatoms. The van der Waals surface area contributed by atoms with Gasteiger partial charge < -0.3 is 10.6 Å². The lowest BCUT2D eigenvalue weighted by molar-refractivity contribution is -0.119. The summed E-state index contributed by atoms with van der Waals surface area (Å²) in [6.07, 6.45) is 2.53. The van der Waals surface area contributed by atoms with E-state index in [1.54, 1.807) is 6.92 Å². The van der Waals surface area contributed by atoms with Crippen LogP contribution in [0.3, 0.4) is 0 Å². The van der Waals surface area contributed by atoms with Gasteiger partial charge in [-0.1, -0.05) is 0 Å². The van der Waals surface area contributed by atoms with Crippen LogP contribution in [0.1, 0.15) is 29.5 Å². The van der Waals surface area contributed by atoms with Gasteiger partial charge in [0.15, 0.2) is 0 Å². The first-order chi connectivity index (χ1) is 10.1. The molecule has 1 aliphatic rings. The number of aryl methyl sites for hydroxylation is 1. The summed E-state index contributed by atoms with van der Waals surface area (Å²) in [6.45, 7) is 9.83. The second-order valence-electron chi connectivity index (χ2n) is 5.92. The minimum Gasteiger partial charge on any atom is -0.355 e. The van der Waals surface area contributed by atoms with Crippen molar-refractivity contribution in [3.05, 3.63) is 21.9 Å². The number of hydrogen-bond donors (Lipinski definition) is 2. The number of hydrogen-bond acceptors (Lipinski definition) is 4. The predicted octanol–water partition coefficient (Wildman–Crippen LogP) is 2.42. The van der Waals surface area contributed by atoms with E-state index in [9.17, 15) is 4.79 Å². The van der Waals surface area contributed by atoms with Crippen LogP contribution in [0.5, 0.6) is 0 Å². The average Bonchev–Trinajstić information content (AvgIpc) is 2.85. The summed E-state index contributed by atoms with van der Waals surface area (Å²) in [4.78, 5) is 16.3. The second kappa shape index (κ2) is 10.2. The van der Waals surface area contributed by atoms with Crippen molar-refractivity contribution in [3.8, 4) is 0 Å². The molecule has 126 valence electrons. The molecule has 0 atom stereocenters. The lowest BCUT2D eigenvalue weighted by Gasteiger charge is -2.30. The fraction of sp³-hybridized carbons (Fsp3) is 0.688. The summed E-state index contributed by atoms with van der Waals surface area (Å²) in [5, 5.41) is 6.34. The Morgan fingerprint density at radius 2 is 2.14 bits per heavy atom. The van der Waals surface area contributed by atoms with Gasteiger partial charge in [-0.25, -0.2) is 0 Å². The third-order valence-electron chi connectivity index (χ3n) is 3.95. The molecule has 1 aromatic rings. The molecule has 22 heavy (non-hydrogen) atoms. The lowest BCUT2D eigenvalue weighted by Crippen LogP contribution is -2.39. The van der Waals surface area contributed by atoms with Crippen LogP contribution in [0.25, 0.3) is 0 Å². The van der Waals surface area contributed by atoms with E-state index in [1.165, 1.54) is 22.6 Å². The zero-order valence-corrected chi connectivity index (χ0v) is 15.2. The highest BCUT2D eigenvalue weighted by Crippen LogP contribution is 2.19. The Kier molecular flexibility index (Phi) is 9.02. The van der Waals surface area contributed by atoms with Crippen LogP contribution >= 0.6 is 23.7 Å².